The van der Waals surface area contributed by atoms with E-state index in [0.717, 1.165) is 12.0 Å². The van der Waals surface area contributed by atoms with Crippen molar-refractivity contribution in [2.45, 2.75) is 33.1 Å². The highest BCUT2D eigenvalue weighted by Crippen LogP contribution is 2.04. The highest BCUT2D eigenvalue weighted by atomic mass is 16.1. The van der Waals surface area contributed by atoms with E-state index in [2.05, 4.69) is 6.58 Å². The predicted octanol–water partition coefficient (Wildman–Crippen LogP) is 2.32. The number of rotatable bonds is 4. The average Bonchev–Trinajstić information content (AvgIpc) is 1.87. The fraction of sp³-hybridized carbons (Fsp3) is 0.625. The van der Waals surface area contributed by atoms with Crippen molar-refractivity contribution < 1.29 is 4.79 Å². The Labute approximate surface area is 56.8 Å². The Balaban J connectivity index is 3.47. The summed E-state index contributed by atoms with van der Waals surface area (Å²) < 4.78 is 0. The second-order valence-corrected chi connectivity index (χ2v) is 2.17. The number of hydrogen-bond donors (Lipinski definition) is 0. The van der Waals surface area contributed by atoms with Crippen molar-refractivity contribution >= 4 is 5.78 Å². The molecule has 0 aromatic heterocycles. The van der Waals surface area contributed by atoms with E-state index >= 15 is 0 Å². The van der Waals surface area contributed by atoms with Gasteiger partial charge in [-0.3, -0.25) is 4.79 Å². The van der Waals surface area contributed by atoms with E-state index < -0.39 is 0 Å². The molecule has 0 spiro atoms. The Morgan fingerprint density at radius 2 is 1.89 bits per heavy atom. The molecular weight excluding hydrogens is 112 g/mol. The van der Waals surface area contributed by atoms with Crippen molar-refractivity contribution in [2.75, 3.05) is 0 Å². The third-order valence-electron chi connectivity index (χ3n) is 1.34. The van der Waals surface area contributed by atoms with E-state index in [1.165, 1.54) is 0 Å². The Bertz CT molecular complexity index is 99.7. The monoisotopic (exact) mass is 126 g/mol. The lowest BCUT2D eigenvalue weighted by atomic mass is 10.1. The maximum Gasteiger partial charge on any atom is 0.136 e. The van der Waals surface area contributed by atoms with E-state index in [1.54, 1.807) is 0 Å². The second kappa shape index (κ2) is 4.30. The first-order valence-corrected chi connectivity index (χ1v) is 3.39. The van der Waals surface area contributed by atoms with Gasteiger partial charge in [-0.1, -0.05) is 26.0 Å². The molecule has 1 nitrogen and oxygen atoms in total. The molecule has 0 saturated heterocycles. The summed E-state index contributed by atoms with van der Waals surface area (Å²) in [5.74, 6) is 0.293. The normalized spacial score (nSPS) is 9.11. The van der Waals surface area contributed by atoms with Gasteiger partial charge in [0.2, 0.25) is 0 Å². The lowest BCUT2D eigenvalue weighted by Gasteiger charge is -1.96. The molecule has 0 radical (unpaired) electrons. The van der Waals surface area contributed by atoms with Crippen LogP contribution in [0.4, 0.5) is 0 Å². The third-order valence-corrected chi connectivity index (χ3v) is 1.34. The van der Waals surface area contributed by atoms with E-state index in [1.807, 2.05) is 13.8 Å². The van der Waals surface area contributed by atoms with Gasteiger partial charge >= 0.3 is 0 Å². The van der Waals surface area contributed by atoms with Crippen LogP contribution in [0.5, 0.6) is 0 Å². The van der Waals surface area contributed by atoms with Crippen molar-refractivity contribution in [2.24, 2.45) is 0 Å². The second-order valence-electron chi connectivity index (χ2n) is 2.17. The number of allylic oxidation sites excluding steroid dienone is 1. The lowest BCUT2D eigenvalue weighted by molar-refractivity contribution is -0.118. The molecule has 0 bridgehead atoms. The van der Waals surface area contributed by atoms with Gasteiger partial charge in [-0.2, -0.15) is 0 Å². The Kier molecular flexibility index (Phi) is 4.02. The zero-order chi connectivity index (χ0) is 7.28. The Morgan fingerprint density at radius 1 is 1.33 bits per heavy atom. The number of hydrogen-bond acceptors (Lipinski definition) is 1. The van der Waals surface area contributed by atoms with Crippen LogP contribution in [0.3, 0.4) is 0 Å². The molecule has 52 valence electrons. The van der Waals surface area contributed by atoms with Crippen LogP contribution < -0.4 is 0 Å². The van der Waals surface area contributed by atoms with Crippen LogP contribution in [0.2, 0.25) is 0 Å². The highest BCUT2D eigenvalue weighted by Gasteiger charge is 1.98. The topological polar surface area (TPSA) is 17.1 Å². The molecule has 0 amide bonds. The SMILES string of the molecule is C=C(CC)CC(=O)CC. The van der Waals surface area contributed by atoms with Gasteiger partial charge in [0.15, 0.2) is 0 Å². The summed E-state index contributed by atoms with van der Waals surface area (Å²) in [6, 6.07) is 0. The summed E-state index contributed by atoms with van der Waals surface area (Å²) in [5, 5.41) is 0. The van der Waals surface area contributed by atoms with Gasteiger partial charge in [-0.25, -0.2) is 0 Å². The first kappa shape index (κ1) is 8.41. The number of carbonyl (C=O) groups is 1. The minimum Gasteiger partial charge on any atom is -0.299 e. The van der Waals surface area contributed by atoms with Crippen LogP contribution in [0.1, 0.15) is 33.1 Å². The summed E-state index contributed by atoms with van der Waals surface area (Å²) in [6.07, 6.45) is 2.14. The maximum atomic E-state index is 10.7. The third kappa shape index (κ3) is 3.95. The van der Waals surface area contributed by atoms with Gasteiger partial charge in [0, 0.05) is 12.8 Å². The van der Waals surface area contributed by atoms with Gasteiger partial charge in [-0.05, 0) is 6.42 Å². The van der Waals surface area contributed by atoms with Crippen LogP contribution in [-0.4, -0.2) is 5.78 Å². The first-order chi connectivity index (χ1) is 4.20. The van der Waals surface area contributed by atoms with Crippen LogP contribution in [-0.2, 0) is 4.79 Å². The maximum absolute atomic E-state index is 10.7. The molecule has 0 aliphatic rings. The standard InChI is InChI=1S/C8H14O/c1-4-7(3)6-8(9)5-2/h3-6H2,1-2H3. The smallest absolute Gasteiger partial charge is 0.136 e. The van der Waals surface area contributed by atoms with Crippen molar-refractivity contribution in [1.29, 1.82) is 0 Å². The molecule has 0 atom stereocenters. The largest absolute Gasteiger partial charge is 0.299 e. The highest BCUT2D eigenvalue weighted by molar-refractivity contribution is 5.80. The van der Waals surface area contributed by atoms with Crippen LogP contribution in [0.25, 0.3) is 0 Å². The van der Waals surface area contributed by atoms with E-state index in [9.17, 15) is 4.79 Å². The number of carbonyl (C=O) groups excluding carboxylic acids is 1. The van der Waals surface area contributed by atoms with Gasteiger partial charge in [0.1, 0.15) is 5.78 Å². The molecule has 0 fully saturated rings. The molecule has 0 unspecified atom stereocenters. The van der Waals surface area contributed by atoms with Crippen molar-refractivity contribution in [3.05, 3.63) is 12.2 Å². The molecule has 0 aliphatic heterocycles. The molecule has 1 heteroatoms. The Hall–Kier alpha value is -0.590. The molecule has 0 saturated carbocycles. The molecule has 0 heterocycles. The molecular formula is C8H14O. The molecule has 0 rings (SSSR count). The zero-order valence-corrected chi connectivity index (χ0v) is 6.24. The van der Waals surface area contributed by atoms with Crippen LogP contribution >= 0.6 is 0 Å². The summed E-state index contributed by atoms with van der Waals surface area (Å²) in [4.78, 5) is 10.7. The van der Waals surface area contributed by atoms with Crippen molar-refractivity contribution in [3.63, 3.8) is 0 Å². The van der Waals surface area contributed by atoms with Gasteiger partial charge in [-0.15, -0.1) is 0 Å². The van der Waals surface area contributed by atoms with Gasteiger partial charge in [0.05, 0.1) is 0 Å². The summed E-state index contributed by atoms with van der Waals surface area (Å²) in [5.41, 5.74) is 1.04. The van der Waals surface area contributed by atoms with Gasteiger partial charge in [0.25, 0.3) is 0 Å². The number of Topliss-reactive ketones (excluding diaryl/α,β-unsaturated/α-hetero) is 1. The first-order valence-electron chi connectivity index (χ1n) is 3.39. The minimum atomic E-state index is 0.293. The van der Waals surface area contributed by atoms with Crippen LogP contribution in [0, 0.1) is 0 Å². The van der Waals surface area contributed by atoms with Crippen LogP contribution in [0.15, 0.2) is 12.2 Å². The van der Waals surface area contributed by atoms with Crippen molar-refractivity contribution in [3.8, 4) is 0 Å². The number of ketones is 1. The Morgan fingerprint density at radius 3 is 2.22 bits per heavy atom. The molecule has 0 N–H and O–H groups in total. The van der Waals surface area contributed by atoms with Gasteiger partial charge < -0.3 is 0 Å². The summed E-state index contributed by atoms with van der Waals surface area (Å²) in [6.45, 7) is 7.64. The van der Waals surface area contributed by atoms with E-state index in [-0.39, 0.29) is 0 Å². The van der Waals surface area contributed by atoms with E-state index in [0.29, 0.717) is 18.6 Å². The summed E-state index contributed by atoms with van der Waals surface area (Å²) in [7, 11) is 0. The molecule has 0 aliphatic carbocycles. The molecule has 9 heavy (non-hydrogen) atoms. The quantitative estimate of drug-likeness (QED) is 0.528. The molecule has 0 aromatic carbocycles. The fourth-order valence-electron chi connectivity index (χ4n) is 0.529. The predicted molar refractivity (Wildman–Crippen MR) is 39.3 cm³/mol. The van der Waals surface area contributed by atoms with Crippen molar-refractivity contribution in [1.82, 2.24) is 0 Å². The summed E-state index contributed by atoms with van der Waals surface area (Å²) >= 11 is 0. The average molecular weight is 126 g/mol. The lowest BCUT2D eigenvalue weighted by Crippen LogP contribution is -1.95. The zero-order valence-electron chi connectivity index (χ0n) is 6.24. The van der Waals surface area contributed by atoms with E-state index in [4.69, 9.17) is 0 Å². The molecule has 0 aromatic rings. The fourth-order valence-corrected chi connectivity index (χ4v) is 0.529. The minimum absolute atomic E-state index is 0.293.